The van der Waals surface area contributed by atoms with Crippen LogP contribution in [0.5, 0.6) is 0 Å². The van der Waals surface area contributed by atoms with E-state index in [0.29, 0.717) is 33.6 Å². The van der Waals surface area contributed by atoms with Gasteiger partial charge in [0.05, 0.1) is 5.56 Å². The highest BCUT2D eigenvalue weighted by Gasteiger charge is 2.15. The summed E-state index contributed by atoms with van der Waals surface area (Å²) in [5.41, 5.74) is 1.77. The van der Waals surface area contributed by atoms with Gasteiger partial charge in [0, 0.05) is 46.6 Å². The monoisotopic (exact) mass is 389 g/mol. The molecule has 28 heavy (non-hydrogen) atoms. The number of hydrogen-bond acceptors (Lipinski definition) is 3. The van der Waals surface area contributed by atoms with Gasteiger partial charge in [-0.15, -0.1) is 0 Å². The highest BCUT2D eigenvalue weighted by molar-refractivity contribution is 6.30. The van der Waals surface area contributed by atoms with Gasteiger partial charge in [0.25, 0.3) is 11.5 Å². The van der Waals surface area contributed by atoms with Crippen LogP contribution in [0.25, 0.3) is 16.5 Å². The molecule has 0 aliphatic carbocycles. The number of pyridine rings is 2. The number of benzene rings is 2. The van der Waals surface area contributed by atoms with Crippen LogP contribution in [0.2, 0.25) is 5.02 Å². The third kappa shape index (κ3) is 3.52. The van der Waals surface area contributed by atoms with E-state index in [9.17, 15) is 9.59 Å². The predicted molar refractivity (Wildman–Crippen MR) is 110 cm³/mol. The third-order valence-corrected chi connectivity index (χ3v) is 4.70. The van der Waals surface area contributed by atoms with E-state index in [1.54, 1.807) is 61.1 Å². The van der Waals surface area contributed by atoms with Gasteiger partial charge in [0.1, 0.15) is 0 Å². The van der Waals surface area contributed by atoms with Crippen molar-refractivity contribution in [3.05, 3.63) is 106 Å². The number of fused-ring (bicyclic) bond motifs is 1. The Kier molecular flexibility index (Phi) is 4.91. The maximum absolute atomic E-state index is 13.0. The first kappa shape index (κ1) is 17.9. The second kappa shape index (κ2) is 7.66. The van der Waals surface area contributed by atoms with Crippen molar-refractivity contribution >= 4 is 28.3 Å². The summed E-state index contributed by atoms with van der Waals surface area (Å²) in [5, 5.41) is 4.57. The van der Waals surface area contributed by atoms with Gasteiger partial charge in [0.2, 0.25) is 0 Å². The van der Waals surface area contributed by atoms with Gasteiger partial charge in [-0.3, -0.25) is 19.1 Å². The van der Waals surface area contributed by atoms with E-state index in [4.69, 9.17) is 11.6 Å². The van der Waals surface area contributed by atoms with Crippen molar-refractivity contribution in [1.82, 2.24) is 14.9 Å². The Bertz CT molecular complexity index is 1200. The van der Waals surface area contributed by atoms with E-state index in [0.717, 1.165) is 5.56 Å². The highest BCUT2D eigenvalue weighted by Crippen LogP contribution is 2.19. The minimum Gasteiger partial charge on any atom is -0.348 e. The Morgan fingerprint density at radius 2 is 1.75 bits per heavy atom. The molecule has 0 atom stereocenters. The summed E-state index contributed by atoms with van der Waals surface area (Å²) < 4.78 is 1.47. The van der Waals surface area contributed by atoms with Crippen LogP contribution >= 0.6 is 11.6 Å². The maximum atomic E-state index is 13.0. The third-order valence-electron chi connectivity index (χ3n) is 4.45. The van der Waals surface area contributed by atoms with Gasteiger partial charge in [-0.25, -0.2) is 0 Å². The summed E-state index contributed by atoms with van der Waals surface area (Å²) in [7, 11) is 0. The van der Waals surface area contributed by atoms with Crippen molar-refractivity contribution in [2.24, 2.45) is 0 Å². The lowest BCUT2D eigenvalue weighted by atomic mass is 10.1. The quantitative estimate of drug-likeness (QED) is 0.574. The number of halogens is 1. The Morgan fingerprint density at radius 3 is 2.46 bits per heavy atom. The van der Waals surface area contributed by atoms with E-state index in [1.807, 2.05) is 18.2 Å². The number of rotatable bonds is 4. The van der Waals surface area contributed by atoms with Gasteiger partial charge >= 0.3 is 0 Å². The van der Waals surface area contributed by atoms with Crippen LogP contribution in [0.4, 0.5) is 0 Å². The van der Waals surface area contributed by atoms with Gasteiger partial charge in [-0.05, 0) is 42.0 Å². The van der Waals surface area contributed by atoms with Crippen molar-refractivity contribution in [2.75, 3.05) is 0 Å². The lowest BCUT2D eigenvalue weighted by Gasteiger charge is -2.13. The molecule has 5 nitrogen and oxygen atoms in total. The summed E-state index contributed by atoms with van der Waals surface area (Å²) in [5.74, 6) is -0.261. The van der Waals surface area contributed by atoms with Crippen molar-refractivity contribution in [3.8, 4) is 5.69 Å². The van der Waals surface area contributed by atoms with E-state index < -0.39 is 0 Å². The summed E-state index contributed by atoms with van der Waals surface area (Å²) in [6, 6.07) is 17.7. The molecule has 0 unspecified atom stereocenters. The molecule has 1 N–H and O–H groups in total. The SMILES string of the molecule is O=C(NCc1cccnc1)c1cn(-c2ccc(Cl)cc2)c(=O)c2ccccc12. The van der Waals surface area contributed by atoms with Crippen LogP contribution < -0.4 is 10.9 Å². The van der Waals surface area contributed by atoms with E-state index in [1.165, 1.54) is 4.57 Å². The fourth-order valence-electron chi connectivity index (χ4n) is 3.05. The molecule has 4 rings (SSSR count). The van der Waals surface area contributed by atoms with Crippen molar-refractivity contribution < 1.29 is 4.79 Å². The van der Waals surface area contributed by atoms with Crippen molar-refractivity contribution in [3.63, 3.8) is 0 Å². The molecule has 0 spiro atoms. The molecule has 0 aliphatic heterocycles. The molecule has 2 aromatic carbocycles. The maximum Gasteiger partial charge on any atom is 0.262 e. The Balaban J connectivity index is 1.78. The molecule has 0 aliphatic rings. The Hall–Kier alpha value is -3.44. The first-order valence-corrected chi connectivity index (χ1v) is 9.09. The van der Waals surface area contributed by atoms with E-state index in [2.05, 4.69) is 10.3 Å². The van der Waals surface area contributed by atoms with Gasteiger partial charge < -0.3 is 5.32 Å². The molecule has 0 saturated heterocycles. The number of carbonyl (C=O) groups is 1. The molecule has 2 heterocycles. The predicted octanol–water partition coefficient (Wildman–Crippen LogP) is 3.97. The molecule has 6 heteroatoms. The largest absolute Gasteiger partial charge is 0.348 e. The zero-order chi connectivity index (χ0) is 19.5. The molecule has 0 bridgehead atoms. The summed E-state index contributed by atoms with van der Waals surface area (Å²) in [4.78, 5) is 29.9. The van der Waals surface area contributed by atoms with Crippen LogP contribution in [0.1, 0.15) is 15.9 Å². The normalized spacial score (nSPS) is 10.8. The van der Waals surface area contributed by atoms with Crippen LogP contribution in [0, 0.1) is 0 Å². The average molecular weight is 390 g/mol. The van der Waals surface area contributed by atoms with Gasteiger partial charge in [0.15, 0.2) is 0 Å². The first-order valence-electron chi connectivity index (χ1n) is 8.71. The van der Waals surface area contributed by atoms with Crippen LogP contribution in [0.15, 0.2) is 84.0 Å². The van der Waals surface area contributed by atoms with Crippen LogP contribution in [-0.2, 0) is 6.54 Å². The second-order valence-corrected chi connectivity index (χ2v) is 6.72. The zero-order valence-electron chi connectivity index (χ0n) is 14.8. The molecule has 0 saturated carbocycles. The van der Waals surface area contributed by atoms with Gasteiger partial charge in [-0.1, -0.05) is 35.9 Å². The molecular formula is C22H16ClN3O2. The first-order chi connectivity index (χ1) is 13.6. The minimum absolute atomic E-state index is 0.193. The summed E-state index contributed by atoms with van der Waals surface area (Å²) in [6.07, 6.45) is 4.96. The number of nitrogens with zero attached hydrogens (tertiary/aromatic N) is 2. The number of carbonyl (C=O) groups excluding carboxylic acids is 1. The fraction of sp³-hybridized carbons (Fsp3) is 0.0455. The average Bonchev–Trinajstić information content (AvgIpc) is 2.74. The lowest BCUT2D eigenvalue weighted by Crippen LogP contribution is -2.27. The second-order valence-electron chi connectivity index (χ2n) is 6.28. The minimum atomic E-state index is -0.261. The topological polar surface area (TPSA) is 64.0 Å². The summed E-state index contributed by atoms with van der Waals surface area (Å²) in [6.45, 7) is 0.348. The molecule has 138 valence electrons. The molecule has 0 fully saturated rings. The summed E-state index contributed by atoms with van der Waals surface area (Å²) >= 11 is 5.96. The fourth-order valence-corrected chi connectivity index (χ4v) is 3.17. The number of aromatic nitrogens is 2. The number of hydrogen-bond donors (Lipinski definition) is 1. The van der Waals surface area contributed by atoms with Crippen molar-refractivity contribution in [1.29, 1.82) is 0 Å². The smallest absolute Gasteiger partial charge is 0.262 e. The Morgan fingerprint density at radius 1 is 1.00 bits per heavy atom. The van der Waals surface area contributed by atoms with Gasteiger partial charge in [-0.2, -0.15) is 0 Å². The number of amides is 1. The standard InChI is InChI=1S/C22H16ClN3O2/c23-16-7-9-17(10-8-16)26-14-20(18-5-1-2-6-19(18)22(26)28)21(27)25-13-15-4-3-11-24-12-15/h1-12,14H,13H2,(H,25,27). The Labute approximate surface area is 166 Å². The highest BCUT2D eigenvalue weighted by atomic mass is 35.5. The molecule has 2 aromatic heterocycles. The number of nitrogens with one attached hydrogen (secondary N) is 1. The van der Waals surface area contributed by atoms with Crippen LogP contribution in [0.3, 0.4) is 0 Å². The van der Waals surface area contributed by atoms with Crippen LogP contribution in [-0.4, -0.2) is 15.5 Å². The lowest BCUT2D eigenvalue weighted by molar-refractivity contribution is 0.0952. The van der Waals surface area contributed by atoms with Crippen molar-refractivity contribution in [2.45, 2.75) is 6.54 Å². The molecule has 4 aromatic rings. The zero-order valence-corrected chi connectivity index (χ0v) is 15.6. The molecule has 0 radical (unpaired) electrons. The van der Waals surface area contributed by atoms with E-state index >= 15 is 0 Å². The molecular weight excluding hydrogens is 374 g/mol. The van der Waals surface area contributed by atoms with E-state index in [-0.39, 0.29) is 11.5 Å². The molecule has 1 amide bonds.